The van der Waals surface area contributed by atoms with Gasteiger partial charge in [-0.1, -0.05) is 0 Å². The van der Waals surface area contributed by atoms with Crippen molar-refractivity contribution in [3.05, 3.63) is 46.8 Å². The van der Waals surface area contributed by atoms with Crippen molar-refractivity contribution >= 4 is 24.1 Å². The Balaban J connectivity index is 0.00000225. The Hall–Kier alpha value is -2.48. The third kappa shape index (κ3) is 3.96. The number of carbonyl (C=O) groups excluding carboxylic acids is 1. The minimum Gasteiger partial charge on any atom is -0.471 e. The molecule has 134 valence electrons. The van der Waals surface area contributed by atoms with Crippen LogP contribution in [0.2, 0.25) is 0 Å². The number of fused-ring (bicyclic) bond motifs is 1. The normalized spacial score (nSPS) is 13.0. The molecule has 0 aliphatic carbocycles. The number of pyridine rings is 2. The predicted octanol–water partition coefficient (Wildman–Crippen LogP) is 2.59. The highest BCUT2D eigenvalue weighted by atomic mass is 35.5. The van der Waals surface area contributed by atoms with E-state index in [1.807, 2.05) is 0 Å². The summed E-state index contributed by atoms with van der Waals surface area (Å²) in [7, 11) is 0. The fourth-order valence-electron chi connectivity index (χ4n) is 2.66. The molecule has 0 radical (unpaired) electrons. The Kier molecular flexibility index (Phi) is 5.73. The topological polar surface area (TPSA) is 81.3 Å². The van der Waals surface area contributed by atoms with Gasteiger partial charge < -0.3 is 15.4 Å². The predicted molar refractivity (Wildman–Crippen MR) is 89.9 cm³/mol. The molecule has 0 fully saturated rings. The van der Waals surface area contributed by atoms with Crippen LogP contribution in [-0.4, -0.2) is 33.8 Å². The van der Waals surface area contributed by atoms with Crippen molar-refractivity contribution in [3.8, 4) is 5.88 Å². The Morgan fingerprint density at radius 2 is 2.16 bits per heavy atom. The number of anilines is 1. The number of hydrogen-bond acceptors (Lipinski definition) is 5. The van der Waals surface area contributed by atoms with E-state index in [1.165, 1.54) is 12.4 Å². The lowest BCUT2D eigenvalue weighted by atomic mass is 10.2. The molecule has 0 bridgehead atoms. The quantitative estimate of drug-likeness (QED) is 0.874. The molecular formula is C16H17ClF2N4O2. The zero-order valence-corrected chi connectivity index (χ0v) is 14.2. The molecule has 3 heterocycles. The standard InChI is InChI=1S/C16H16F2N4O2.ClH/c1-9-4-10(5-21-15(9)24-8-13(17)18)6-22-7-12-11(16(22)23)2-3-20-14(12)19;/h2-5,13H,6-8H2,1H3,(H2,19,20);1H. The molecular weight excluding hydrogens is 354 g/mol. The Labute approximate surface area is 149 Å². The van der Waals surface area contributed by atoms with Gasteiger partial charge in [-0.05, 0) is 24.6 Å². The second-order valence-electron chi connectivity index (χ2n) is 5.55. The molecule has 0 spiro atoms. The highest BCUT2D eigenvalue weighted by molar-refractivity contribution is 5.99. The molecule has 0 unspecified atom stereocenters. The molecule has 6 nitrogen and oxygen atoms in total. The van der Waals surface area contributed by atoms with Crippen molar-refractivity contribution < 1.29 is 18.3 Å². The largest absolute Gasteiger partial charge is 0.471 e. The Morgan fingerprint density at radius 1 is 1.40 bits per heavy atom. The highest BCUT2D eigenvalue weighted by Crippen LogP contribution is 2.27. The highest BCUT2D eigenvalue weighted by Gasteiger charge is 2.29. The van der Waals surface area contributed by atoms with Crippen molar-refractivity contribution in [2.75, 3.05) is 12.3 Å². The van der Waals surface area contributed by atoms with Crippen molar-refractivity contribution in [3.63, 3.8) is 0 Å². The zero-order chi connectivity index (χ0) is 17.3. The molecule has 9 heteroatoms. The van der Waals surface area contributed by atoms with Gasteiger partial charge in [0.15, 0.2) is 6.61 Å². The van der Waals surface area contributed by atoms with E-state index in [2.05, 4.69) is 9.97 Å². The molecule has 1 aliphatic rings. The van der Waals surface area contributed by atoms with Gasteiger partial charge in [0.1, 0.15) is 5.82 Å². The van der Waals surface area contributed by atoms with Crippen LogP contribution in [0.3, 0.4) is 0 Å². The lowest BCUT2D eigenvalue weighted by molar-refractivity contribution is 0.0762. The number of amides is 1. The molecule has 0 atom stereocenters. The summed E-state index contributed by atoms with van der Waals surface area (Å²) in [6.07, 6.45) is 0.480. The van der Waals surface area contributed by atoms with E-state index in [9.17, 15) is 13.6 Å². The van der Waals surface area contributed by atoms with Crippen LogP contribution < -0.4 is 10.5 Å². The van der Waals surface area contributed by atoms with Gasteiger partial charge in [0.2, 0.25) is 5.88 Å². The van der Waals surface area contributed by atoms with Crippen LogP contribution >= 0.6 is 12.4 Å². The van der Waals surface area contributed by atoms with Crippen molar-refractivity contribution in [1.82, 2.24) is 14.9 Å². The van der Waals surface area contributed by atoms with E-state index >= 15 is 0 Å². The van der Waals surface area contributed by atoms with Gasteiger partial charge in [-0.3, -0.25) is 4.79 Å². The first-order chi connectivity index (χ1) is 11.5. The number of nitrogens with two attached hydrogens (primary N) is 1. The maximum atomic E-state index is 12.4. The first-order valence-electron chi connectivity index (χ1n) is 7.35. The average Bonchev–Trinajstić information content (AvgIpc) is 2.85. The number of nitrogen functional groups attached to an aromatic ring is 1. The number of ether oxygens (including phenoxy) is 1. The van der Waals surface area contributed by atoms with Crippen LogP contribution in [0.4, 0.5) is 14.6 Å². The maximum absolute atomic E-state index is 12.4. The van der Waals surface area contributed by atoms with Gasteiger partial charge in [0, 0.05) is 35.6 Å². The molecule has 3 rings (SSSR count). The minimum atomic E-state index is -2.55. The number of aromatic nitrogens is 2. The molecule has 2 aromatic rings. The second-order valence-corrected chi connectivity index (χ2v) is 5.55. The smallest absolute Gasteiger partial charge is 0.272 e. The monoisotopic (exact) mass is 370 g/mol. The van der Waals surface area contributed by atoms with E-state index in [4.69, 9.17) is 10.5 Å². The molecule has 0 saturated carbocycles. The van der Waals surface area contributed by atoms with Crippen LogP contribution in [0.15, 0.2) is 24.5 Å². The van der Waals surface area contributed by atoms with Gasteiger partial charge in [-0.25, -0.2) is 18.7 Å². The summed E-state index contributed by atoms with van der Waals surface area (Å²) in [4.78, 5) is 22.1. The van der Waals surface area contributed by atoms with Gasteiger partial charge >= 0.3 is 0 Å². The number of carbonyl (C=O) groups is 1. The summed E-state index contributed by atoms with van der Waals surface area (Å²) in [6, 6.07) is 3.42. The minimum absolute atomic E-state index is 0. The van der Waals surface area contributed by atoms with Crippen LogP contribution in [0.5, 0.6) is 5.88 Å². The van der Waals surface area contributed by atoms with Gasteiger partial charge in [-0.2, -0.15) is 0 Å². The van der Waals surface area contributed by atoms with Crippen LogP contribution in [0.25, 0.3) is 0 Å². The van der Waals surface area contributed by atoms with Crippen molar-refractivity contribution in [1.29, 1.82) is 0 Å². The fourth-order valence-corrected chi connectivity index (χ4v) is 2.66. The Morgan fingerprint density at radius 3 is 2.80 bits per heavy atom. The number of halogens is 3. The summed E-state index contributed by atoms with van der Waals surface area (Å²) in [6.45, 7) is 1.76. The van der Waals surface area contributed by atoms with E-state index < -0.39 is 13.0 Å². The number of alkyl halides is 2. The van der Waals surface area contributed by atoms with Gasteiger partial charge in [0.25, 0.3) is 12.3 Å². The summed E-state index contributed by atoms with van der Waals surface area (Å²) >= 11 is 0. The average molecular weight is 371 g/mol. The molecule has 0 saturated heterocycles. The number of nitrogens with zero attached hydrogens (tertiary/aromatic N) is 3. The van der Waals surface area contributed by atoms with Gasteiger partial charge in [0.05, 0.1) is 6.54 Å². The Bertz CT molecular complexity index is 789. The SMILES string of the molecule is Cc1cc(CN2Cc3c(ccnc3N)C2=O)cnc1OCC(F)F.Cl. The van der Waals surface area contributed by atoms with E-state index in [-0.39, 0.29) is 24.2 Å². The molecule has 1 aliphatic heterocycles. The number of aryl methyl sites for hydroxylation is 1. The third-order valence-corrected chi connectivity index (χ3v) is 3.76. The summed E-state index contributed by atoms with van der Waals surface area (Å²) in [5.74, 6) is 0.409. The first kappa shape index (κ1) is 18.9. The fraction of sp³-hybridized carbons (Fsp3) is 0.312. The zero-order valence-electron chi connectivity index (χ0n) is 13.4. The lowest BCUT2D eigenvalue weighted by Crippen LogP contribution is -2.23. The molecule has 0 aromatic carbocycles. The number of rotatable bonds is 5. The van der Waals surface area contributed by atoms with E-state index in [0.717, 1.165) is 11.1 Å². The van der Waals surface area contributed by atoms with Crippen molar-refractivity contribution in [2.45, 2.75) is 26.4 Å². The summed E-state index contributed by atoms with van der Waals surface area (Å²) in [5, 5.41) is 0. The second kappa shape index (κ2) is 7.60. The number of hydrogen-bond donors (Lipinski definition) is 1. The maximum Gasteiger partial charge on any atom is 0.272 e. The van der Waals surface area contributed by atoms with Crippen LogP contribution in [0.1, 0.15) is 27.0 Å². The summed E-state index contributed by atoms with van der Waals surface area (Å²) in [5.41, 5.74) is 8.52. The first-order valence-corrected chi connectivity index (χ1v) is 7.35. The summed E-state index contributed by atoms with van der Waals surface area (Å²) < 4.78 is 29.3. The van der Waals surface area contributed by atoms with Crippen LogP contribution in [0, 0.1) is 6.92 Å². The third-order valence-electron chi connectivity index (χ3n) is 3.76. The van der Waals surface area contributed by atoms with Crippen molar-refractivity contribution in [2.24, 2.45) is 0 Å². The molecule has 2 N–H and O–H groups in total. The van der Waals surface area contributed by atoms with E-state index in [0.29, 0.717) is 30.0 Å². The van der Waals surface area contributed by atoms with Crippen LogP contribution in [-0.2, 0) is 13.1 Å². The lowest BCUT2D eigenvalue weighted by Gasteiger charge is -2.16. The van der Waals surface area contributed by atoms with E-state index in [1.54, 1.807) is 24.0 Å². The van der Waals surface area contributed by atoms with Gasteiger partial charge in [-0.15, -0.1) is 12.4 Å². The molecule has 2 aromatic heterocycles. The molecule has 25 heavy (non-hydrogen) atoms. The molecule has 1 amide bonds.